The van der Waals surface area contributed by atoms with Gasteiger partial charge in [-0.05, 0) is 0 Å². The van der Waals surface area contributed by atoms with Gasteiger partial charge >= 0.3 is 5.97 Å². The number of carbonyl (C=O) groups is 1. The minimum absolute atomic E-state index is 0.772. The summed E-state index contributed by atoms with van der Waals surface area (Å²) in [7, 11) is 0. The standard InChI is InChI=1S/C12H22O12/c13-1-3(15)5(16)7(18)9(20)11(22)24-12-10(21)8(19)6(17)4(2-14)23-12/h3-10,12-21H,1-2H2/t3-,4-,5-,6-,7+,8+,9-,10-,12-/m1/s1. The van der Waals surface area contributed by atoms with Gasteiger partial charge in [-0.25, -0.2) is 4.79 Å². The Bertz CT molecular complexity index is 403. The fourth-order valence-corrected chi connectivity index (χ4v) is 2.01. The van der Waals surface area contributed by atoms with Crippen LogP contribution in [0.3, 0.4) is 0 Å². The van der Waals surface area contributed by atoms with E-state index in [-0.39, 0.29) is 0 Å². The first-order chi connectivity index (χ1) is 11.1. The summed E-state index contributed by atoms with van der Waals surface area (Å²) in [5, 5.41) is 84.0. The third-order valence-electron chi connectivity index (χ3n) is 3.58. The molecule has 0 saturated carbocycles. The molecule has 12 heteroatoms. The van der Waals surface area contributed by atoms with Crippen LogP contribution in [0.4, 0.5) is 0 Å². The van der Waals surface area contributed by atoms with Crippen molar-refractivity contribution in [2.75, 3.05) is 13.2 Å². The molecule has 9 N–H and O–H groups in total. The molecule has 0 aromatic heterocycles. The van der Waals surface area contributed by atoms with E-state index in [1.807, 2.05) is 0 Å². The predicted octanol–water partition coefficient (Wildman–Crippen LogP) is -6.23. The number of aliphatic hydroxyl groups excluding tert-OH is 9. The van der Waals surface area contributed by atoms with Gasteiger partial charge in [0.15, 0.2) is 6.10 Å². The molecule has 1 heterocycles. The molecule has 142 valence electrons. The lowest BCUT2D eigenvalue weighted by molar-refractivity contribution is -0.295. The first-order valence-electron chi connectivity index (χ1n) is 6.99. The Hall–Kier alpha value is -0.930. The predicted molar refractivity (Wildman–Crippen MR) is 71.0 cm³/mol. The first kappa shape index (κ1) is 21.1. The molecule has 0 radical (unpaired) electrons. The van der Waals surface area contributed by atoms with Crippen molar-refractivity contribution < 1.29 is 60.2 Å². The second-order valence-electron chi connectivity index (χ2n) is 5.31. The van der Waals surface area contributed by atoms with Crippen LogP contribution in [0, 0.1) is 0 Å². The minimum Gasteiger partial charge on any atom is -0.431 e. The third kappa shape index (κ3) is 4.58. The van der Waals surface area contributed by atoms with Gasteiger partial charge in [0.05, 0.1) is 13.2 Å². The maximum Gasteiger partial charge on any atom is 0.340 e. The molecule has 1 aliphatic rings. The number of rotatable bonds is 7. The zero-order valence-electron chi connectivity index (χ0n) is 12.4. The van der Waals surface area contributed by atoms with E-state index in [0.717, 1.165) is 0 Å². The Morgan fingerprint density at radius 1 is 0.958 bits per heavy atom. The SMILES string of the molecule is O=C(O[C@H]1O[C@H](CO)[C@@H](O)[C@H](O)[C@H]1O)[C@H](O)[C@@H](O)[C@H](O)[C@H](O)CO. The van der Waals surface area contributed by atoms with Crippen molar-refractivity contribution >= 4 is 5.97 Å². The van der Waals surface area contributed by atoms with Crippen molar-refractivity contribution in [2.45, 2.75) is 55.1 Å². The second kappa shape index (κ2) is 8.96. The van der Waals surface area contributed by atoms with Crippen LogP contribution in [0.2, 0.25) is 0 Å². The van der Waals surface area contributed by atoms with Crippen molar-refractivity contribution in [3.05, 3.63) is 0 Å². The first-order valence-corrected chi connectivity index (χ1v) is 6.99. The van der Waals surface area contributed by atoms with Crippen LogP contribution in [0.1, 0.15) is 0 Å². The van der Waals surface area contributed by atoms with Gasteiger partial charge in [0.1, 0.15) is 42.7 Å². The lowest BCUT2D eigenvalue weighted by Crippen LogP contribution is -2.60. The highest BCUT2D eigenvalue weighted by Crippen LogP contribution is 2.22. The molecule has 24 heavy (non-hydrogen) atoms. The molecule has 1 rings (SSSR count). The van der Waals surface area contributed by atoms with Crippen LogP contribution in [-0.4, -0.2) is 120 Å². The molecule has 1 fully saturated rings. The van der Waals surface area contributed by atoms with Crippen LogP contribution in [0.15, 0.2) is 0 Å². The van der Waals surface area contributed by atoms with Crippen molar-refractivity contribution in [2.24, 2.45) is 0 Å². The summed E-state index contributed by atoms with van der Waals surface area (Å²) in [6.45, 7) is -1.72. The van der Waals surface area contributed by atoms with Gasteiger partial charge in [0.25, 0.3) is 0 Å². The van der Waals surface area contributed by atoms with E-state index in [9.17, 15) is 35.4 Å². The Balaban J connectivity index is 2.71. The number of carbonyl (C=O) groups excluding carboxylic acids is 1. The van der Waals surface area contributed by atoms with E-state index >= 15 is 0 Å². The number of hydrogen-bond acceptors (Lipinski definition) is 12. The average molecular weight is 358 g/mol. The van der Waals surface area contributed by atoms with E-state index in [1.165, 1.54) is 0 Å². The fourth-order valence-electron chi connectivity index (χ4n) is 2.01. The maximum absolute atomic E-state index is 11.7. The molecule has 0 aromatic rings. The molecule has 9 atom stereocenters. The van der Waals surface area contributed by atoms with Crippen LogP contribution >= 0.6 is 0 Å². The summed E-state index contributed by atoms with van der Waals surface area (Å²) < 4.78 is 9.40. The summed E-state index contributed by atoms with van der Waals surface area (Å²) in [6.07, 6.45) is -17.2. The zero-order chi connectivity index (χ0) is 18.6. The number of aliphatic hydroxyl groups is 9. The molecule has 0 spiro atoms. The Kier molecular flexibility index (Phi) is 7.88. The molecule has 1 saturated heterocycles. The normalized spacial score (nSPS) is 35.8. The molecule has 0 amide bonds. The summed E-state index contributed by atoms with van der Waals surface area (Å²) in [5.41, 5.74) is 0. The van der Waals surface area contributed by atoms with Gasteiger partial charge in [-0.3, -0.25) is 0 Å². The maximum atomic E-state index is 11.7. The van der Waals surface area contributed by atoms with Crippen LogP contribution in [-0.2, 0) is 14.3 Å². The zero-order valence-corrected chi connectivity index (χ0v) is 12.4. The Morgan fingerprint density at radius 2 is 1.54 bits per heavy atom. The number of ether oxygens (including phenoxy) is 2. The Labute approximate surface area is 135 Å². The second-order valence-corrected chi connectivity index (χ2v) is 5.31. The highest BCUT2D eigenvalue weighted by Gasteiger charge is 2.46. The molecular formula is C12H22O12. The highest BCUT2D eigenvalue weighted by atomic mass is 16.7. The average Bonchev–Trinajstić information content (AvgIpc) is 2.59. The summed E-state index contributed by atoms with van der Waals surface area (Å²) in [6, 6.07) is 0. The van der Waals surface area contributed by atoms with Gasteiger partial charge in [-0.2, -0.15) is 0 Å². The highest BCUT2D eigenvalue weighted by molar-refractivity contribution is 5.75. The van der Waals surface area contributed by atoms with Gasteiger partial charge in [0, 0.05) is 0 Å². The molecule has 1 aliphatic heterocycles. The smallest absolute Gasteiger partial charge is 0.340 e. The molecule has 0 bridgehead atoms. The molecule has 0 aliphatic carbocycles. The van der Waals surface area contributed by atoms with Crippen LogP contribution < -0.4 is 0 Å². The topological polar surface area (TPSA) is 218 Å². The third-order valence-corrected chi connectivity index (χ3v) is 3.58. The molecule has 0 aromatic carbocycles. The quantitative estimate of drug-likeness (QED) is 0.194. The molecule has 0 unspecified atom stereocenters. The van der Waals surface area contributed by atoms with Crippen LogP contribution in [0.5, 0.6) is 0 Å². The van der Waals surface area contributed by atoms with Crippen molar-refractivity contribution in [3.63, 3.8) is 0 Å². The molecule has 12 nitrogen and oxygen atoms in total. The van der Waals surface area contributed by atoms with E-state index in [2.05, 4.69) is 4.74 Å². The lowest BCUT2D eigenvalue weighted by atomic mass is 9.99. The van der Waals surface area contributed by atoms with Crippen molar-refractivity contribution in [1.29, 1.82) is 0 Å². The van der Waals surface area contributed by atoms with Gasteiger partial charge in [0.2, 0.25) is 6.29 Å². The number of hydrogen-bond donors (Lipinski definition) is 9. The summed E-state index contributed by atoms with van der Waals surface area (Å²) in [5.74, 6) is -1.59. The monoisotopic (exact) mass is 358 g/mol. The lowest BCUT2D eigenvalue weighted by Gasteiger charge is -2.39. The fraction of sp³-hybridized carbons (Fsp3) is 0.917. The molecular weight excluding hydrogens is 336 g/mol. The van der Waals surface area contributed by atoms with E-state index in [1.54, 1.807) is 0 Å². The largest absolute Gasteiger partial charge is 0.431 e. The van der Waals surface area contributed by atoms with Gasteiger partial charge in [-0.1, -0.05) is 0 Å². The Morgan fingerprint density at radius 3 is 2.04 bits per heavy atom. The van der Waals surface area contributed by atoms with E-state index < -0.39 is 74.3 Å². The van der Waals surface area contributed by atoms with Crippen molar-refractivity contribution in [1.82, 2.24) is 0 Å². The van der Waals surface area contributed by atoms with Gasteiger partial charge < -0.3 is 55.4 Å². The minimum atomic E-state index is -2.38. The van der Waals surface area contributed by atoms with Crippen molar-refractivity contribution in [3.8, 4) is 0 Å². The van der Waals surface area contributed by atoms with E-state index in [0.29, 0.717) is 0 Å². The van der Waals surface area contributed by atoms with Crippen LogP contribution in [0.25, 0.3) is 0 Å². The number of esters is 1. The summed E-state index contributed by atoms with van der Waals surface area (Å²) >= 11 is 0. The summed E-state index contributed by atoms with van der Waals surface area (Å²) in [4.78, 5) is 11.7. The van der Waals surface area contributed by atoms with Gasteiger partial charge in [-0.15, -0.1) is 0 Å². The van der Waals surface area contributed by atoms with E-state index in [4.69, 9.17) is 20.1 Å².